The average molecular weight is 403 g/mol. The fourth-order valence-corrected chi connectivity index (χ4v) is 4.30. The molecule has 3 heterocycles. The Morgan fingerprint density at radius 1 is 1.37 bits per heavy atom. The van der Waals surface area contributed by atoms with E-state index in [9.17, 15) is 9.90 Å². The Morgan fingerprint density at radius 2 is 2.15 bits per heavy atom. The highest BCUT2D eigenvalue weighted by Gasteiger charge is 2.20. The van der Waals surface area contributed by atoms with Crippen molar-refractivity contribution in [1.29, 1.82) is 0 Å². The largest absolute Gasteiger partial charge is 0.497 e. The van der Waals surface area contributed by atoms with Crippen molar-refractivity contribution in [1.82, 2.24) is 4.68 Å². The Bertz CT molecular complexity index is 1110. The molecule has 1 aromatic heterocycles. The van der Waals surface area contributed by atoms with Gasteiger partial charge in [-0.25, -0.2) is 9.67 Å². The molecule has 1 amide bonds. The van der Waals surface area contributed by atoms with Crippen molar-refractivity contribution < 1.29 is 19.4 Å². The van der Waals surface area contributed by atoms with E-state index < -0.39 is 0 Å². The first-order valence-electron chi connectivity index (χ1n) is 8.35. The van der Waals surface area contributed by atoms with Crippen molar-refractivity contribution in [2.24, 2.45) is 4.99 Å². The summed E-state index contributed by atoms with van der Waals surface area (Å²) < 4.78 is 12.6. The number of aromatic hydroxyl groups is 1. The van der Waals surface area contributed by atoms with Crippen LogP contribution in [0.2, 0.25) is 0 Å². The van der Waals surface area contributed by atoms with Crippen LogP contribution in [0, 0.1) is 3.95 Å². The molecule has 7 nitrogen and oxygen atoms in total. The summed E-state index contributed by atoms with van der Waals surface area (Å²) in [5.74, 6) is 0.304. The summed E-state index contributed by atoms with van der Waals surface area (Å²) in [5, 5.41) is 14.0. The minimum atomic E-state index is -0.368. The summed E-state index contributed by atoms with van der Waals surface area (Å²) in [6.45, 7) is 2.45. The molecule has 1 saturated heterocycles. The van der Waals surface area contributed by atoms with Gasteiger partial charge in [-0.05, 0) is 36.5 Å². The van der Waals surface area contributed by atoms with E-state index in [-0.39, 0.29) is 11.8 Å². The summed E-state index contributed by atoms with van der Waals surface area (Å²) in [6, 6.07) is 5.38. The molecular weight excluding hydrogens is 386 g/mol. The second-order valence-electron chi connectivity index (χ2n) is 6.02. The molecule has 0 aliphatic carbocycles. The number of ether oxygens (including phenoxy) is 2. The third-order valence-corrected chi connectivity index (χ3v) is 5.66. The van der Waals surface area contributed by atoms with E-state index in [1.807, 2.05) is 17.1 Å². The van der Waals surface area contributed by atoms with Gasteiger partial charge in [0.25, 0.3) is 5.91 Å². The molecule has 140 valence electrons. The Hall–Kier alpha value is -2.49. The number of morpholine rings is 1. The zero-order valence-corrected chi connectivity index (χ0v) is 16.2. The van der Waals surface area contributed by atoms with Crippen molar-refractivity contribution in [3.8, 4) is 11.6 Å². The molecule has 4 rings (SSSR count). The van der Waals surface area contributed by atoms with Crippen LogP contribution in [0.3, 0.4) is 0 Å². The Balaban J connectivity index is 1.74. The van der Waals surface area contributed by atoms with Gasteiger partial charge in [-0.2, -0.15) is 0 Å². The number of carbonyl (C=O) groups is 1. The van der Waals surface area contributed by atoms with E-state index in [0.717, 1.165) is 5.22 Å². The minimum Gasteiger partial charge on any atom is -0.497 e. The fraction of sp³-hybridized carbons (Fsp3) is 0.278. The second-order valence-corrected chi connectivity index (χ2v) is 7.70. The Kier molecular flexibility index (Phi) is 4.81. The predicted molar refractivity (Wildman–Crippen MR) is 105 cm³/mol. The molecule has 1 N–H and O–H groups in total. The van der Waals surface area contributed by atoms with Crippen LogP contribution in [0.25, 0.3) is 12.2 Å². The molecule has 27 heavy (non-hydrogen) atoms. The van der Waals surface area contributed by atoms with Gasteiger partial charge in [-0.15, -0.1) is 0 Å². The number of nitrogens with zero attached hydrogens (tertiary/aromatic N) is 3. The average Bonchev–Trinajstić information content (AvgIpc) is 2.96. The molecule has 2 aliphatic heterocycles. The van der Waals surface area contributed by atoms with Crippen LogP contribution in [0.4, 0.5) is 0 Å². The van der Waals surface area contributed by atoms with Crippen molar-refractivity contribution in [2.45, 2.75) is 0 Å². The standard InChI is InChI=1S/C18H17N3O4S2/c1-24-13-3-2-11-8-12(16(22)19-14(11)10-13)9-15-17(23)21(18(26)27-15)20-4-6-25-7-5-20/h2-3,8-10,23H,4-7H2,1H3. The number of hydrogen-bond donors (Lipinski definition) is 1. The first-order valence-corrected chi connectivity index (χ1v) is 9.57. The predicted octanol–water partition coefficient (Wildman–Crippen LogP) is 0.985. The van der Waals surface area contributed by atoms with Gasteiger partial charge >= 0.3 is 0 Å². The zero-order chi connectivity index (χ0) is 19.0. The van der Waals surface area contributed by atoms with Gasteiger partial charge in [-0.3, -0.25) is 4.79 Å². The van der Waals surface area contributed by atoms with Crippen LogP contribution in [-0.2, 0) is 9.53 Å². The van der Waals surface area contributed by atoms with E-state index >= 15 is 0 Å². The fourth-order valence-electron chi connectivity index (χ4n) is 2.99. The van der Waals surface area contributed by atoms with Gasteiger partial charge in [0.05, 0.1) is 43.6 Å². The number of hydrogen-bond acceptors (Lipinski definition) is 7. The smallest absolute Gasteiger partial charge is 0.277 e. The molecule has 2 aliphatic rings. The molecule has 0 saturated carbocycles. The van der Waals surface area contributed by atoms with E-state index in [2.05, 4.69) is 4.99 Å². The first kappa shape index (κ1) is 17.9. The van der Waals surface area contributed by atoms with Crippen LogP contribution in [0.15, 0.2) is 28.8 Å². The maximum atomic E-state index is 12.4. The molecule has 0 atom stereocenters. The lowest BCUT2D eigenvalue weighted by Gasteiger charge is -2.29. The molecule has 1 fully saturated rings. The van der Waals surface area contributed by atoms with E-state index in [1.165, 1.54) is 11.3 Å². The number of aromatic nitrogens is 1. The minimum absolute atomic E-state index is 0.0288. The van der Waals surface area contributed by atoms with E-state index in [0.29, 0.717) is 51.8 Å². The maximum Gasteiger partial charge on any atom is 0.277 e. The number of fused-ring (bicyclic) bond motifs is 1. The van der Waals surface area contributed by atoms with Crippen LogP contribution < -0.4 is 20.3 Å². The number of amides is 1. The molecule has 2 aromatic rings. The van der Waals surface area contributed by atoms with Crippen molar-refractivity contribution >= 4 is 41.6 Å². The number of carbonyl (C=O) groups excluding carboxylic acids is 1. The van der Waals surface area contributed by atoms with Gasteiger partial charge < -0.3 is 19.6 Å². The lowest BCUT2D eigenvalue weighted by Crippen LogP contribution is -2.43. The molecule has 0 unspecified atom stereocenters. The lowest BCUT2D eigenvalue weighted by molar-refractivity contribution is -0.114. The highest BCUT2D eigenvalue weighted by atomic mass is 32.1. The van der Waals surface area contributed by atoms with E-state index in [1.54, 1.807) is 30.0 Å². The van der Waals surface area contributed by atoms with Crippen molar-refractivity contribution in [3.05, 3.63) is 43.2 Å². The summed E-state index contributed by atoms with van der Waals surface area (Å²) in [6.07, 6.45) is 3.39. The Morgan fingerprint density at radius 3 is 2.89 bits per heavy atom. The number of methoxy groups -OCH3 is 1. The normalized spacial score (nSPS) is 18.0. The van der Waals surface area contributed by atoms with Crippen molar-refractivity contribution in [2.75, 3.05) is 38.4 Å². The van der Waals surface area contributed by atoms with Gasteiger partial charge in [0, 0.05) is 16.9 Å². The summed E-state index contributed by atoms with van der Waals surface area (Å²) in [5.41, 5.74) is 0.397. The van der Waals surface area contributed by atoms with Crippen LogP contribution in [-0.4, -0.2) is 49.1 Å². The zero-order valence-electron chi connectivity index (χ0n) is 14.5. The van der Waals surface area contributed by atoms with Crippen molar-refractivity contribution in [3.63, 3.8) is 0 Å². The first-order chi connectivity index (χ1) is 13.1. The highest BCUT2D eigenvalue weighted by Crippen LogP contribution is 2.29. The quantitative estimate of drug-likeness (QED) is 0.608. The molecule has 0 radical (unpaired) electrons. The number of rotatable bonds is 3. The van der Waals surface area contributed by atoms with Gasteiger partial charge in [-0.1, -0.05) is 11.3 Å². The summed E-state index contributed by atoms with van der Waals surface area (Å²) in [4.78, 5) is 17.1. The number of benzene rings is 1. The SMILES string of the molecule is COc1ccc2c(c1)=NC(=O)C(=Cc1sc(=S)n(N3CCOCC3)c1O)C=2. The maximum absolute atomic E-state index is 12.4. The highest BCUT2D eigenvalue weighted by molar-refractivity contribution is 7.73. The summed E-state index contributed by atoms with van der Waals surface area (Å²) in [7, 11) is 1.57. The number of thiazole rings is 1. The van der Waals surface area contributed by atoms with Gasteiger partial charge in [0.1, 0.15) is 5.75 Å². The monoisotopic (exact) mass is 403 g/mol. The second kappa shape index (κ2) is 7.26. The molecular formula is C18H17N3O4S2. The third kappa shape index (κ3) is 3.41. The Labute approximate surface area is 164 Å². The molecule has 1 aromatic carbocycles. The summed E-state index contributed by atoms with van der Waals surface area (Å²) >= 11 is 6.66. The van der Waals surface area contributed by atoms with Gasteiger partial charge in [0.2, 0.25) is 5.88 Å². The van der Waals surface area contributed by atoms with Gasteiger partial charge in [0.15, 0.2) is 3.95 Å². The van der Waals surface area contributed by atoms with Crippen LogP contribution in [0.5, 0.6) is 11.6 Å². The molecule has 0 spiro atoms. The molecule has 9 heteroatoms. The van der Waals surface area contributed by atoms with Crippen LogP contribution >= 0.6 is 23.6 Å². The molecule has 0 bridgehead atoms. The van der Waals surface area contributed by atoms with Crippen LogP contribution in [0.1, 0.15) is 4.88 Å². The third-order valence-electron chi connectivity index (χ3n) is 4.37. The lowest BCUT2D eigenvalue weighted by atomic mass is 10.1. The topological polar surface area (TPSA) is 76.3 Å². The van der Waals surface area contributed by atoms with E-state index in [4.69, 9.17) is 21.7 Å².